The lowest BCUT2D eigenvalue weighted by molar-refractivity contribution is -0.384. The Bertz CT molecular complexity index is 635. The first-order valence-electron chi connectivity index (χ1n) is 6.86. The third-order valence-electron chi connectivity index (χ3n) is 3.65. The summed E-state index contributed by atoms with van der Waals surface area (Å²) < 4.78 is 0. The maximum atomic E-state index is 11.9. The number of nitriles is 1. The minimum absolute atomic E-state index is 0.0365. The Hall–Kier alpha value is -2.33. The molecule has 22 heavy (non-hydrogen) atoms. The smallest absolute Gasteiger partial charge is 0.289 e. The van der Waals surface area contributed by atoms with Crippen molar-refractivity contribution in [3.63, 3.8) is 0 Å². The summed E-state index contributed by atoms with van der Waals surface area (Å²) in [5.74, 6) is -0.318. The van der Waals surface area contributed by atoms with Gasteiger partial charge >= 0.3 is 0 Å². The number of nitro benzene ring substituents is 1. The predicted octanol–water partition coefficient (Wildman–Crippen LogP) is 2.61. The fourth-order valence-corrected chi connectivity index (χ4v) is 2.69. The fraction of sp³-hybridized carbons (Fsp3) is 0.429. The molecule has 1 amide bonds. The first kappa shape index (κ1) is 16.0. The molecule has 1 aliphatic carbocycles. The Morgan fingerprint density at radius 2 is 2.14 bits per heavy atom. The highest BCUT2D eigenvalue weighted by molar-refractivity contribution is 6.32. The zero-order valence-electron chi connectivity index (χ0n) is 11.8. The van der Waals surface area contributed by atoms with Crippen molar-refractivity contribution in [2.24, 2.45) is 0 Å². The molecule has 2 N–H and O–H groups in total. The van der Waals surface area contributed by atoms with Crippen LogP contribution < -0.4 is 10.6 Å². The predicted molar refractivity (Wildman–Crippen MR) is 81.6 cm³/mol. The van der Waals surface area contributed by atoms with E-state index in [1.54, 1.807) is 6.07 Å². The second-order valence-electron chi connectivity index (χ2n) is 5.23. The van der Waals surface area contributed by atoms with E-state index in [2.05, 4.69) is 16.7 Å². The van der Waals surface area contributed by atoms with E-state index in [4.69, 9.17) is 11.6 Å². The third-order valence-corrected chi connectivity index (χ3v) is 3.97. The summed E-state index contributed by atoms with van der Waals surface area (Å²) in [6.45, 7) is -0.0672. The summed E-state index contributed by atoms with van der Waals surface area (Å²) in [7, 11) is 0. The van der Waals surface area contributed by atoms with Gasteiger partial charge in [0.2, 0.25) is 5.91 Å². The van der Waals surface area contributed by atoms with Crippen molar-refractivity contribution in [2.75, 3.05) is 11.9 Å². The minimum atomic E-state index is -0.773. The molecule has 2 rings (SSSR count). The maximum absolute atomic E-state index is 11.9. The lowest BCUT2D eigenvalue weighted by atomic mass is 10.00. The van der Waals surface area contributed by atoms with Crippen molar-refractivity contribution in [1.29, 1.82) is 5.26 Å². The number of amides is 1. The van der Waals surface area contributed by atoms with Crippen LogP contribution in [0.15, 0.2) is 18.2 Å². The molecule has 1 aromatic rings. The zero-order valence-corrected chi connectivity index (χ0v) is 12.5. The number of hydrogen-bond donors (Lipinski definition) is 2. The van der Waals surface area contributed by atoms with Gasteiger partial charge in [0.05, 0.1) is 17.5 Å². The number of carbonyl (C=O) groups excluding carboxylic acids is 1. The van der Waals surface area contributed by atoms with Crippen LogP contribution in [0.25, 0.3) is 0 Å². The molecule has 7 nitrogen and oxygen atoms in total. The highest BCUT2D eigenvalue weighted by Gasteiger charge is 2.35. The molecule has 1 aromatic carbocycles. The number of halogens is 1. The summed E-state index contributed by atoms with van der Waals surface area (Å²) in [6, 6.07) is 6.39. The summed E-state index contributed by atoms with van der Waals surface area (Å²) >= 11 is 5.72. The van der Waals surface area contributed by atoms with Gasteiger partial charge < -0.3 is 10.6 Å². The molecule has 0 radical (unpaired) electrons. The standard InChI is InChI=1S/C14H15ClN4O3/c15-11-4-3-10(7-12(11)19(21)22)17-8-13(20)18-14(9-16)5-1-2-6-14/h3-4,7,17H,1-2,5-6,8H2,(H,18,20). The SMILES string of the molecule is N#CC1(NC(=O)CNc2ccc(Cl)c([N+](=O)[O-])c2)CCCC1. The Kier molecular flexibility index (Phi) is 4.83. The molecule has 8 heteroatoms. The molecule has 1 aliphatic rings. The van der Waals surface area contributed by atoms with Crippen molar-refractivity contribution in [3.8, 4) is 6.07 Å². The van der Waals surface area contributed by atoms with Crippen LogP contribution in [0.2, 0.25) is 5.02 Å². The Morgan fingerprint density at radius 1 is 1.45 bits per heavy atom. The van der Waals surface area contributed by atoms with Crippen molar-refractivity contribution in [3.05, 3.63) is 33.3 Å². The van der Waals surface area contributed by atoms with Crippen LogP contribution >= 0.6 is 11.6 Å². The third kappa shape index (κ3) is 3.65. The van der Waals surface area contributed by atoms with Crippen LogP contribution in [0.5, 0.6) is 0 Å². The first-order chi connectivity index (χ1) is 10.5. The quantitative estimate of drug-likeness (QED) is 0.640. The van der Waals surface area contributed by atoms with Crippen LogP contribution in [0, 0.1) is 21.4 Å². The molecule has 0 heterocycles. The summed E-state index contributed by atoms with van der Waals surface area (Å²) in [5, 5.41) is 25.6. The van der Waals surface area contributed by atoms with Gasteiger partial charge in [-0.3, -0.25) is 14.9 Å². The topological polar surface area (TPSA) is 108 Å². The van der Waals surface area contributed by atoms with E-state index in [1.807, 2.05) is 0 Å². The van der Waals surface area contributed by atoms with Gasteiger partial charge in [-0.15, -0.1) is 0 Å². The second-order valence-corrected chi connectivity index (χ2v) is 5.63. The molecule has 1 saturated carbocycles. The summed E-state index contributed by atoms with van der Waals surface area (Å²) in [6.07, 6.45) is 3.15. The van der Waals surface area contributed by atoms with E-state index in [0.29, 0.717) is 18.5 Å². The monoisotopic (exact) mass is 322 g/mol. The number of nitro groups is 1. The van der Waals surface area contributed by atoms with E-state index >= 15 is 0 Å². The molecule has 0 atom stereocenters. The van der Waals surface area contributed by atoms with Crippen molar-refractivity contribution >= 4 is 28.9 Å². The number of hydrogen-bond acceptors (Lipinski definition) is 5. The fourth-order valence-electron chi connectivity index (χ4n) is 2.50. The highest BCUT2D eigenvalue weighted by Crippen LogP contribution is 2.29. The lowest BCUT2D eigenvalue weighted by Gasteiger charge is -2.22. The number of carbonyl (C=O) groups is 1. The first-order valence-corrected chi connectivity index (χ1v) is 7.24. The van der Waals surface area contributed by atoms with Gasteiger partial charge in [-0.2, -0.15) is 5.26 Å². The molecule has 0 saturated heterocycles. The number of rotatable bonds is 5. The van der Waals surface area contributed by atoms with E-state index < -0.39 is 10.5 Å². The van der Waals surface area contributed by atoms with Crippen LogP contribution in [-0.4, -0.2) is 22.9 Å². The molecule has 0 spiro atoms. The lowest BCUT2D eigenvalue weighted by Crippen LogP contribution is -2.47. The number of benzene rings is 1. The van der Waals surface area contributed by atoms with Crippen LogP contribution in [-0.2, 0) is 4.79 Å². The zero-order chi connectivity index (χ0) is 16.2. The van der Waals surface area contributed by atoms with Gasteiger partial charge in [0, 0.05) is 11.8 Å². The maximum Gasteiger partial charge on any atom is 0.289 e. The second kappa shape index (κ2) is 6.62. The van der Waals surface area contributed by atoms with Gasteiger partial charge in [0.25, 0.3) is 5.69 Å². The van der Waals surface area contributed by atoms with Crippen molar-refractivity contribution in [2.45, 2.75) is 31.2 Å². The van der Waals surface area contributed by atoms with E-state index in [0.717, 1.165) is 12.8 Å². The van der Waals surface area contributed by atoms with Gasteiger partial charge in [0.1, 0.15) is 10.6 Å². The van der Waals surface area contributed by atoms with Gasteiger partial charge in [-0.1, -0.05) is 11.6 Å². The van der Waals surface area contributed by atoms with Gasteiger partial charge in [0.15, 0.2) is 0 Å². The summed E-state index contributed by atoms with van der Waals surface area (Å²) in [5.41, 5.74) is -0.579. The van der Waals surface area contributed by atoms with Gasteiger partial charge in [-0.25, -0.2) is 0 Å². The normalized spacial score (nSPS) is 15.8. The Balaban J connectivity index is 1.95. The molecule has 0 aliphatic heterocycles. The minimum Gasteiger partial charge on any atom is -0.376 e. The van der Waals surface area contributed by atoms with Crippen LogP contribution in [0.4, 0.5) is 11.4 Å². The number of nitrogens with zero attached hydrogens (tertiary/aromatic N) is 2. The average molecular weight is 323 g/mol. The Morgan fingerprint density at radius 3 is 2.73 bits per heavy atom. The van der Waals surface area contributed by atoms with Crippen LogP contribution in [0.1, 0.15) is 25.7 Å². The van der Waals surface area contributed by atoms with Crippen molar-refractivity contribution in [1.82, 2.24) is 5.32 Å². The average Bonchev–Trinajstić information content (AvgIpc) is 2.95. The number of nitrogens with one attached hydrogen (secondary N) is 2. The van der Waals surface area contributed by atoms with E-state index in [9.17, 15) is 20.2 Å². The molecule has 0 unspecified atom stereocenters. The molecule has 1 fully saturated rings. The highest BCUT2D eigenvalue weighted by atomic mass is 35.5. The molecular weight excluding hydrogens is 308 g/mol. The molecular formula is C14H15ClN4O3. The Labute approximate surface area is 132 Å². The molecule has 0 aromatic heterocycles. The van der Waals surface area contributed by atoms with Crippen molar-refractivity contribution < 1.29 is 9.72 Å². The summed E-state index contributed by atoms with van der Waals surface area (Å²) in [4.78, 5) is 22.2. The van der Waals surface area contributed by atoms with E-state index in [-0.39, 0.29) is 23.2 Å². The number of anilines is 1. The van der Waals surface area contributed by atoms with E-state index in [1.165, 1.54) is 12.1 Å². The van der Waals surface area contributed by atoms with Crippen LogP contribution in [0.3, 0.4) is 0 Å². The van der Waals surface area contributed by atoms with Gasteiger partial charge in [-0.05, 0) is 37.8 Å². The molecule has 0 bridgehead atoms. The largest absolute Gasteiger partial charge is 0.376 e. The molecule has 116 valence electrons.